The fraction of sp³-hybridized carbons (Fsp3) is 0.611. The van der Waals surface area contributed by atoms with E-state index in [1.54, 1.807) is 0 Å². The zero-order valence-corrected chi connectivity index (χ0v) is 15.7. The summed E-state index contributed by atoms with van der Waals surface area (Å²) in [6.45, 7) is 10.8. The predicted molar refractivity (Wildman–Crippen MR) is 98.4 cm³/mol. The fourth-order valence-electron chi connectivity index (χ4n) is 2.02. The minimum atomic E-state index is -0.0251. The maximum Gasteiger partial charge on any atom is 0.220 e. The zero-order chi connectivity index (χ0) is 16.8. The smallest absolute Gasteiger partial charge is 0.220 e. The molecule has 0 aliphatic carbocycles. The molecular formula is C18H31ClN2O2. The van der Waals surface area contributed by atoms with E-state index < -0.39 is 0 Å². The summed E-state index contributed by atoms with van der Waals surface area (Å²) in [6, 6.07) is 8.15. The molecule has 1 amide bonds. The largest absolute Gasteiger partial charge is 0.491 e. The maximum absolute atomic E-state index is 11.7. The number of hydrogen-bond donors (Lipinski definition) is 2. The van der Waals surface area contributed by atoms with Gasteiger partial charge in [-0.2, -0.15) is 0 Å². The van der Waals surface area contributed by atoms with Crippen LogP contribution in [0.25, 0.3) is 0 Å². The van der Waals surface area contributed by atoms with Crippen molar-refractivity contribution in [1.82, 2.24) is 5.32 Å². The highest BCUT2D eigenvalue weighted by molar-refractivity contribution is 5.85. The van der Waals surface area contributed by atoms with Crippen molar-refractivity contribution in [1.29, 1.82) is 0 Å². The van der Waals surface area contributed by atoms with Crippen LogP contribution in [0.2, 0.25) is 0 Å². The van der Waals surface area contributed by atoms with Crippen LogP contribution >= 0.6 is 12.4 Å². The summed E-state index contributed by atoms with van der Waals surface area (Å²) in [4.78, 5) is 11.7. The van der Waals surface area contributed by atoms with Gasteiger partial charge in [-0.3, -0.25) is 4.79 Å². The molecule has 0 bridgehead atoms. The molecule has 5 heteroatoms. The van der Waals surface area contributed by atoms with Crippen molar-refractivity contribution in [3.8, 4) is 5.75 Å². The summed E-state index contributed by atoms with van der Waals surface area (Å²) >= 11 is 0. The molecule has 0 radical (unpaired) electrons. The lowest BCUT2D eigenvalue weighted by atomic mass is 9.87. The van der Waals surface area contributed by atoms with E-state index in [-0.39, 0.29) is 35.8 Å². The minimum Gasteiger partial charge on any atom is -0.491 e. The van der Waals surface area contributed by atoms with Crippen LogP contribution in [0.1, 0.15) is 53.0 Å². The lowest BCUT2D eigenvalue weighted by Gasteiger charge is -2.20. The van der Waals surface area contributed by atoms with Gasteiger partial charge in [0, 0.05) is 12.5 Å². The Morgan fingerprint density at radius 3 is 2.26 bits per heavy atom. The van der Waals surface area contributed by atoms with E-state index >= 15 is 0 Å². The summed E-state index contributed by atoms with van der Waals surface area (Å²) in [7, 11) is 0. The molecule has 0 heterocycles. The molecule has 1 aromatic carbocycles. The summed E-state index contributed by atoms with van der Waals surface area (Å²) < 4.78 is 5.72. The Morgan fingerprint density at radius 2 is 1.78 bits per heavy atom. The average Bonchev–Trinajstić information content (AvgIpc) is 2.42. The normalized spacial score (nSPS) is 13.7. The van der Waals surface area contributed by atoms with E-state index in [1.165, 1.54) is 5.56 Å². The van der Waals surface area contributed by atoms with Crippen LogP contribution in [-0.4, -0.2) is 24.6 Å². The Balaban J connectivity index is 0.00000484. The van der Waals surface area contributed by atoms with E-state index in [0.29, 0.717) is 19.4 Å². The Morgan fingerprint density at radius 1 is 1.22 bits per heavy atom. The van der Waals surface area contributed by atoms with Crippen LogP contribution < -0.4 is 15.8 Å². The first-order chi connectivity index (χ1) is 10.2. The first-order valence-electron chi connectivity index (χ1n) is 7.97. The first-order valence-corrected chi connectivity index (χ1v) is 7.97. The summed E-state index contributed by atoms with van der Waals surface area (Å²) in [5.41, 5.74) is 7.06. The third-order valence-corrected chi connectivity index (χ3v) is 3.45. The summed E-state index contributed by atoms with van der Waals surface area (Å²) in [5.74, 6) is 0.848. The molecule has 0 aliphatic heterocycles. The molecule has 2 atom stereocenters. The van der Waals surface area contributed by atoms with Gasteiger partial charge in [0.05, 0.1) is 6.04 Å². The molecule has 1 rings (SSSR count). The Labute approximate surface area is 146 Å². The molecule has 0 fully saturated rings. The van der Waals surface area contributed by atoms with Gasteiger partial charge in [-0.1, -0.05) is 32.9 Å². The number of amides is 1. The number of benzene rings is 1. The topological polar surface area (TPSA) is 64.4 Å². The van der Waals surface area contributed by atoms with Gasteiger partial charge in [0.25, 0.3) is 0 Å². The quantitative estimate of drug-likeness (QED) is 0.798. The minimum absolute atomic E-state index is 0. The summed E-state index contributed by atoms with van der Waals surface area (Å²) in [6.07, 6.45) is 1.16. The monoisotopic (exact) mass is 342 g/mol. The molecule has 0 spiro atoms. The number of carbonyl (C=O) groups is 1. The van der Waals surface area contributed by atoms with E-state index in [2.05, 4.69) is 38.2 Å². The second kappa shape index (κ2) is 9.78. The van der Waals surface area contributed by atoms with Crippen molar-refractivity contribution >= 4 is 18.3 Å². The predicted octanol–water partition coefficient (Wildman–Crippen LogP) is 3.42. The van der Waals surface area contributed by atoms with Crippen molar-refractivity contribution in [2.75, 3.05) is 6.61 Å². The number of nitrogens with two attached hydrogens (primary N) is 1. The molecule has 132 valence electrons. The van der Waals surface area contributed by atoms with Crippen LogP contribution in [-0.2, 0) is 10.2 Å². The van der Waals surface area contributed by atoms with Gasteiger partial charge in [-0.05, 0) is 43.4 Å². The number of halogens is 1. The molecule has 3 N–H and O–H groups in total. The molecule has 2 unspecified atom stereocenters. The molecule has 1 aromatic rings. The Bertz CT molecular complexity index is 467. The van der Waals surface area contributed by atoms with Crippen LogP contribution in [0.15, 0.2) is 24.3 Å². The van der Waals surface area contributed by atoms with Crippen LogP contribution in [0.5, 0.6) is 5.75 Å². The lowest BCUT2D eigenvalue weighted by molar-refractivity contribution is -0.122. The Kier molecular flexibility index (Phi) is 9.25. The van der Waals surface area contributed by atoms with E-state index in [9.17, 15) is 4.79 Å². The fourth-order valence-corrected chi connectivity index (χ4v) is 2.02. The number of nitrogens with one attached hydrogen (secondary N) is 1. The van der Waals surface area contributed by atoms with Crippen molar-refractivity contribution in [2.24, 2.45) is 5.73 Å². The van der Waals surface area contributed by atoms with Gasteiger partial charge in [0.2, 0.25) is 5.91 Å². The van der Waals surface area contributed by atoms with Gasteiger partial charge >= 0.3 is 0 Å². The SMILES string of the molecule is CC(N)CCC(=O)NC(C)COc1ccc(C(C)(C)C)cc1.Cl. The number of carbonyl (C=O) groups excluding carboxylic acids is 1. The molecule has 0 aromatic heterocycles. The van der Waals surface area contributed by atoms with E-state index in [0.717, 1.165) is 5.75 Å². The number of hydrogen-bond acceptors (Lipinski definition) is 3. The number of ether oxygens (including phenoxy) is 1. The molecule has 0 saturated carbocycles. The maximum atomic E-state index is 11.7. The van der Waals surface area contributed by atoms with Crippen LogP contribution in [0.4, 0.5) is 0 Å². The van der Waals surface area contributed by atoms with Crippen LogP contribution in [0.3, 0.4) is 0 Å². The molecular weight excluding hydrogens is 312 g/mol. The second-order valence-corrected chi connectivity index (χ2v) is 7.07. The van der Waals surface area contributed by atoms with Gasteiger partial charge in [0.1, 0.15) is 12.4 Å². The third kappa shape index (κ3) is 8.82. The van der Waals surface area contributed by atoms with E-state index in [4.69, 9.17) is 10.5 Å². The molecule has 23 heavy (non-hydrogen) atoms. The van der Waals surface area contributed by atoms with Gasteiger partial charge in [-0.15, -0.1) is 12.4 Å². The number of rotatable bonds is 7. The van der Waals surface area contributed by atoms with Crippen molar-refractivity contribution in [2.45, 2.75) is 65.0 Å². The van der Waals surface area contributed by atoms with Crippen molar-refractivity contribution in [3.05, 3.63) is 29.8 Å². The highest BCUT2D eigenvalue weighted by Gasteiger charge is 2.13. The standard InChI is InChI=1S/C18H30N2O2.ClH/c1-13(19)6-11-17(21)20-14(2)12-22-16-9-7-15(8-10-16)18(3,4)5;/h7-10,13-14H,6,11-12,19H2,1-5H3,(H,20,21);1H. The zero-order valence-electron chi connectivity index (χ0n) is 14.9. The Hall–Kier alpha value is -1.26. The molecule has 0 aliphatic rings. The first kappa shape index (κ1) is 21.7. The summed E-state index contributed by atoms with van der Waals surface area (Å²) in [5, 5.41) is 2.92. The third-order valence-electron chi connectivity index (χ3n) is 3.45. The molecule has 4 nitrogen and oxygen atoms in total. The second-order valence-electron chi connectivity index (χ2n) is 7.07. The van der Waals surface area contributed by atoms with Crippen molar-refractivity contribution < 1.29 is 9.53 Å². The van der Waals surface area contributed by atoms with Gasteiger partial charge in [0.15, 0.2) is 0 Å². The van der Waals surface area contributed by atoms with Crippen LogP contribution in [0, 0.1) is 0 Å². The van der Waals surface area contributed by atoms with E-state index in [1.807, 2.05) is 26.0 Å². The highest BCUT2D eigenvalue weighted by atomic mass is 35.5. The van der Waals surface area contributed by atoms with Gasteiger partial charge < -0.3 is 15.8 Å². The van der Waals surface area contributed by atoms with Gasteiger partial charge in [-0.25, -0.2) is 0 Å². The average molecular weight is 343 g/mol. The highest BCUT2D eigenvalue weighted by Crippen LogP contribution is 2.24. The van der Waals surface area contributed by atoms with Crippen molar-refractivity contribution in [3.63, 3.8) is 0 Å². The lowest BCUT2D eigenvalue weighted by Crippen LogP contribution is -2.37. The molecule has 0 saturated heterocycles.